The Labute approximate surface area is 251 Å². The highest BCUT2D eigenvalue weighted by Crippen LogP contribution is 2.31. The van der Waals surface area contributed by atoms with Crippen LogP contribution in [-0.2, 0) is 25.6 Å². The van der Waals surface area contributed by atoms with E-state index in [0.717, 1.165) is 40.0 Å². The lowest BCUT2D eigenvalue weighted by molar-refractivity contribution is -0.137. The lowest BCUT2D eigenvalue weighted by Gasteiger charge is -2.31. The van der Waals surface area contributed by atoms with Crippen LogP contribution in [0.3, 0.4) is 0 Å². The molecule has 0 saturated heterocycles. The third-order valence-electron chi connectivity index (χ3n) is 8.45. The predicted octanol–water partition coefficient (Wildman–Crippen LogP) is 6.51. The minimum atomic E-state index is -4.43. The Morgan fingerprint density at radius 3 is 2.26 bits per heavy atom. The van der Waals surface area contributed by atoms with Crippen molar-refractivity contribution in [2.45, 2.75) is 87.0 Å². The zero-order chi connectivity index (χ0) is 31.8. The summed E-state index contributed by atoms with van der Waals surface area (Å²) in [5, 5.41) is 3.16. The molecule has 1 aliphatic heterocycles. The number of aromatic nitrogens is 2. The molecule has 1 aliphatic rings. The molecule has 0 radical (unpaired) electrons. The van der Waals surface area contributed by atoms with E-state index in [-0.39, 0.29) is 30.9 Å². The molecule has 232 valence electrons. The van der Waals surface area contributed by atoms with Crippen LogP contribution in [0, 0.1) is 33.6 Å². The summed E-state index contributed by atoms with van der Waals surface area (Å²) in [5.41, 5.74) is 6.53. The standard InChI is InChI=1S/C33H41F3N4O3/c1-9-26-20(5)19(4)21(6)29(22(26)7)31(42)39-15-14-28-27(16-39)30(41)40(43-17-18(2)3)32(38-28)37-23(8)24-10-12-25(13-11-24)33(34,35)36/h10-13,18,23H,9,14-17H2,1-8H3,(H,37,38). The average Bonchev–Trinajstić information content (AvgIpc) is 2.95. The predicted molar refractivity (Wildman–Crippen MR) is 161 cm³/mol. The second-order valence-electron chi connectivity index (χ2n) is 11.8. The summed E-state index contributed by atoms with van der Waals surface area (Å²) < 4.78 is 40.3. The van der Waals surface area contributed by atoms with Crippen LogP contribution >= 0.6 is 0 Å². The lowest BCUT2D eigenvalue weighted by Crippen LogP contribution is -2.43. The molecule has 4 rings (SSSR count). The van der Waals surface area contributed by atoms with Crippen LogP contribution in [0.4, 0.5) is 19.1 Å². The molecule has 1 aromatic heterocycles. The Morgan fingerprint density at radius 2 is 1.67 bits per heavy atom. The van der Waals surface area contributed by atoms with Crippen LogP contribution in [0.1, 0.15) is 94.3 Å². The van der Waals surface area contributed by atoms with E-state index in [0.29, 0.717) is 35.3 Å². The number of fused-ring (bicyclic) bond motifs is 1. The van der Waals surface area contributed by atoms with E-state index in [1.165, 1.54) is 23.3 Å². The van der Waals surface area contributed by atoms with E-state index in [4.69, 9.17) is 9.82 Å². The normalized spacial score (nSPS) is 14.1. The Balaban J connectivity index is 1.68. The fourth-order valence-electron chi connectivity index (χ4n) is 5.72. The van der Waals surface area contributed by atoms with Crippen LogP contribution in [0.25, 0.3) is 0 Å². The van der Waals surface area contributed by atoms with Gasteiger partial charge in [-0.15, -0.1) is 4.73 Å². The Hall–Kier alpha value is -3.82. The molecular formula is C33H41F3N4O3. The van der Waals surface area contributed by atoms with Crippen molar-refractivity contribution in [2.75, 3.05) is 18.5 Å². The van der Waals surface area contributed by atoms with Crippen LogP contribution in [0.5, 0.6) is 0 Å². The first kappa shape index (κ1) is 32.1. The van der Waals surface area contributed by atoms with Crippen LogP contribution < -0.4 is 15.7 Å². The number of benzene rings is 2. The van der Waals surface area contributed by atoms with Crippen molar-refractivity contribution in [3.63, 3.8) is 0 Å². The Morgan fingerprint density at radius 1 is 1.02 bits per heavy atom. The molecule has 0 spiro atoms. The summed E-state index contributed by atoms with van der Waals surface area (Å²) in [6.07, 6.45) is -3.22. The number of hydrogen-bond donors (Lipinski definition) is 1. The molecule has 7 nitrogen and oxygen atoms in total. The number of rotatable bonds is 8. The summed E-state index contributed by atoms with van der Waals surface area (Å²) in [7, 11) is 0. The largest absolute Gasteiger partial charge is 0.416 e. The first-order valence-electron chi connectivity index (χ1n) is 14.8. The number of alkyl halides is 3. The summed E-state index contributed by atoms with van der Waals surface area (Å²) in [6.45, 7) is 16.6. The zero-order valence-corrected chi connectivity index (χ0v) is 26.2. The fourth-order valence-corrected chi connectivity index (χ4v) is 5.72. The number of carbonyl (C=O) groups is 1. The van der Waals surface area contributed by atoms with Gasteiger partial charge in [-0.25, -0.2) is 4.98 Å². The van der Waals surface area contributed by atoms with Crippen LogP contribution in [-0.4, -0.2) is 33.7 Å². The third kappa shape index (κ3) is 6.43. The lowest BCUT2D eigenvalue weighted by atomic mass is 9.87. The van der Waals surface area contributed by atoms with Gasteiger partial charge in [0, 0.05) is 18.5 Å². The first-order valence-corrected chi connectivity index (χ1v) is 14.8. The smallest absolute Gasteiger partial charge is 0.407 e. The summed E-state index contributed by atoms with van der Waals surface area (Å²) >= 11 is 0. The average molecular weight is 599 g/mol. The van der Waals surface area contributed by atoms with Crippen molar-refractivity contribution < 1.29 is 22.8 Å². The highest BCUT2D eigenvalue weighted by atomic mass is 19.4. The van der Waals surface area contributed by atoms with Gasteiger partial charge in [-0.2, -0.15) is 13.2 Å². The number of hydrogen-bond acceptors (Lipinski definition) is 5. The van der Waals surface area contributed by atoms with E-state index in [9.17, 15) is 22.8 Å². The molecule has 1 atom stereocenters. The number of anilines is 1. The Kier molecular flexibility index (Phi) is 9.27. The molecule has 1 amide bonds. The first-order chi connectivity index (χ1) is 20.1. The molecule has 2 heterocycles. The number of nitrogens with zero attached hydrogens (tertiary/aromatic N) is 3. The van der Waals surface area contributed by atoms with E-state index in [2.05, 4.69) is 19.2 Å². The van der Waals surface area contributed by atoms with Gasteiger partial charge in [-0.3, -0.25) is 9.59 Å². The molecular weight excluding hydrogens is 557 g/mol. The van der Waals surface area contributed by atoms with E-state index in [1.807, 2.05) is 34.6 Å². The highest BCUT2D eigenvalue weighted by molar-refractivity contribution is 5.98. The van der Waals surface area contributed by atoms with Crippen molar-refractivity contribution in [3.8, 4) is 0 Å². The van der Waals surface area contributed by atoms with Gasteiger partial charge in [0.1, 0.15) is 6.61 Å². The number of nitrogens with one attached hydrogen (secondary N) is 1. The van der Waals surface area contributed by atoms with Gasteiger partial charge in [0.25, 0.3) is 11.5 Å². The van der Waals surface area contributed by atoms with Gasteiger partial charge >= 0.3 is 6.18 Å². The van der Waals surface area contributed by atoms with Crippen molar-refractivity contribution >= 4 is 11.9 Å². The monoisotopic (exact) mass is 598 g/mol. The molecule has 0 saturated carbocycles. The van der Waals surface area contributed by atoms with E-state index in [1.54, 1.807) is 11.8 Å². The van der Waals surface area contributed by atoms with Crippen molar-refractivity contribution in [3.05, 3.63) is 90.4 Å². The minimum absolute atomic E-state index is 0.104. The maximum Gasteiger partial charge on any atom is 0.416 e. The molecule has 1 N–H and O–H groups in total. The molecule has 10 heteroatoms. The van der Waals surface area contributed by atoms with E-state index >= 15 is 0 Å². The van der Waals surface area contributed by atoms with Gasteiger partial charge in [0.05, 0.1) is 29.4 Å². The number of halogens is 3. The topological polar surface area (TPSA) is 76.5 Å². The fraction of sp³-hybridized carbons (Fsp3) is 0.485. The Bertz CT molecular complexity index is 1580. The molecule has 1 unspecified atom stereocenters. The maximum absolute atomic E-state index is 13.9. The van der Waals surface area contributed by atoms with Crippen molar-refractivity contribution in [2.24, 2.45) is 5.92 Å². The van der Waals surface area contributed by atoms with Gasteiger partial charge in [-0.1, -0.05) is 32.9 Å². The minimum Gasteiger partial charge on any atom is -0.407 e. The highest BCUT2D eigenvalue weighted by Gasteiger charge is 2.32. The SMILES string of the molecule is CCc1c(C)c(C)c(C)c(C(=O)N2CCc3nc(NC(C)c4ccc(C(F)(F)F)cc4)n(OCC(C)C)c(=O)c3C2)c1C. The maximum atomic E-state index is 13.9. The quantitative estimate of drug-likeness (QED) is 0.320. The summed E-state index contributed by atoms with van der Waals surface area (Å²) in [4.78, 5) is 40.1. The zero-order valence-electron chi connectivity index (χ0n) is 26.2. The van der Waals surface area contributed by atoms with Gasteiger partial charge in [0.2, 0.25) is 5.95 Å². The molecule has 2 aromatic carbocycles. The molecule has 0 fully saturated rings. The van der Waals surface area contributed by atoms with Gasteiger partial charge in [0.15, 0.2) is 0 Å². The molecule has 0 aliphatic carbocycles. The molecule has 43 heavy (non-hydrogen) atoms. The van der Waals surface area contributed by atoms with E-state index < -0.39 is 23.3 Å². The summed E-state index contributed by atoms with van der Waals surface area (Å²) in [5.74, 6) is 0.181. The van der Waals surface area contributed by atoms with Crippen molar-refractivity contribution in [1.82, 2.24) is 14.6 Å². The van der Waals surface area contributed by atoms with Gasteiger partial charge in [-0.05, 0) is 92.5 Å². The molecule has 3 aromatic rings. The van der Waals surface area contributed by atoms with Gasteiger partial charge < -0.3 is 15.1 Å². The summed E-state index contributed by atoms with van der Waals surface area (Å²) in [6, 6.07) is 4.40. The second-order valence-corrected chi connectivity index (χ2v) is 11.8. The van der Waals surface area contributed by atoms with Crippen LogP contribution in [0.15, 0.2) is 29.1 Å². The van der Waals surface area contributed by atoms with Crippen molar-refractivity contribution in [1.29, 1.82) is 0 Å². The second kappa shape index (κ2) is 12.4. The third-order valence-corrected chi connectivity index (χ3v) is 8.45. The number of amides is 1. The number of carbonyl (C=O) groups excluding carboxylic acids is 1. The van der Waals surface area contributed by atoms with Crippen LogP contribution in [0.2, 0.25) is 0 Å². The molecule has 0 bridgehead atoms.